The van der Waals surface area contributed by atoms with Gasteiger partial charge in [0.05, 0.1) is 11.8 Å². The van der Waals surface area contributed by atoms with Gasteiger partial charge in [-0.25, -0.2) is 8.42 Å². The van der Waals surface area contributed by atoms with Crippen LogP contribution in [0.4, 0.5) is 5.69 Å². The zero-order chi connectivity index (χ0) is 21.6. The Labute approximate surface area is 180 Å². The molecule has 2 aromatic rings. The van der Waals surface area contributed by atoms with E-state index in [1.165, 1.54) is 0 Å². The molecule has 3 rings (SSSR count). The molecule has 0 heterocycles. The van der Waals surface area contributed by atoms with Crippen LogP contribution in [0.3, 0.4) is 0 Å². The first-order valence-electron chi connectivity index (χ1n) is 10.6. The summed E-state index contributed by atoms with van der Waals surface area (Å²) in [4.78, 5) is 0. The van der Waals surface area contributed by atoms with Crippen LogP contribution in [0.25, 0.3) is 0 Å². The molecule has 1 aliphatic carbocycles. The lowest BCUT2D eigenvalue weighted by Crippen LogP contribution is -2.34. The number of nitriles is 1. The van der Waals surface area contributed by atoms with Gasteiger partial charge >= 0.3 is 0 Å². The summed E-state index contributed by atoms with van der Waals surface area (Å²) in [6.07, 6.45) is 2.85. The molecule has 2 atom stereocenters. The van der Waals surface area contributed by atoms with Crippen LogP contribution in [0, 0.1) is 23.2 Å². The maximum absolute atomic E-state index is 13.1. The summed E-state index contributed by atoms with van der Waals surface area (Å²) in [5, 5.41) is 12.6. The molecule has 0 spiro atoms. The molecule has 1 fully saturated rings. The summed E-state index contributed by atoms with van der Waals surface area (Å²) in [5.74, 6) is 0.412. The third kappa shape index (κ3) is 6.32. The second-order valence-electron chi connectivity index (χ2n) is 8.61. The minimum Gasteiger partial charge on any atom is -0.382 e. The van der Waals surface area contributed by atoms with Gasteiger partial charge in [0.25, 0.3) is 0 Å². The number of benzene rings is 2. The summed E-state index contributed by atoms with van der Waals surface area (Å²) in [7, 11) is -3.42. The standard InChI is InChI=1S/C24H31N3O2S/c1-19(2)16-27(30(28,29)18-21-6-4-3-5-7-21)17-20-8-11-23(12-9-20)26-24-13-10-22(14-24)15-25/h3-9,11-12,19,22,24,26H,10,13-14,16-18H2,1-2H3/t22-,24+/m0/s1. The molecule has 0 radical (unpaired) electrons. The summed E-state index contributed by atoms with van der Waals surface area (Å²) in [6, 6.07) is 20.0. The van der Waals surface area contributed by atoms with Crippen LogP contribution < -0.4 is 5.32 Å². The highest BCUT2D eigenvalue weighted by Crippen LogP contribution is 2.27. The maximum Gasteiger partial charge on any atom is 0.218 e. The zero-order valence-electron chi connectivity index (χ0n) is 17.8. The molecule has 6 heteroatoms. The van der Waals surface area contributed by atoms with Gasteiger partial charge < -0.3 is 5.32 Å². The van der Waals surface area contributed by atoms with E-state index in [9.17, 15) is 8.42 Å². The van der Waals surface area contributed by atoms with Crippen LogP contribution in [-0.4, -0.2) is 25.3 Å². The molecule has 0 unspecified atom stereocenters. The van der Waals surface area contributed by atoms with E-state index in [-0.39, 0.29) is 17.6 Å². The second kappa shape index (κ2) is 10.1. The lowest BCUT2D eigenvalue weighted by molar-refractivity contribution is 0.361. The van der Waals surface area contributed by atoms with E-state index in [0.717, 1.165) is 36.1 Å². The van der Waals surface area contributed by atoms with E-state index in [2.05, 4.69) is 11.4 Å². The Hall–Kier alpha value is -2.36. The van der Waals surface area contributed by atoms with Gasteiger partial charge in [0.15, 0.2) is 0 Å². The van der Waals surface area contributed by atoms with Crippen molar-refractivity contribution in [1.29, 1.82) is 5.26 Å². The largest absolute Gasteiger partial charge is 0.382 e. The highest BCUT2D eigenvalue weighted by molar-refractivity contribution is 7.88. The van der Waals surface area contributed by atoms with Crippen molar-refractivity contribution in [2.75, 3.05) is 11.9 Å². The number of sulfonamides is 1. The molecule has 30 heavy (non-hydrogen) atoms. The predicted molar refractivity (Wildman–Crippen MR) is 121 cm³/mol. The average molecular weight is 426 g/mol. The van der Waals surface area contributed by atoms with Gasteiger partial charge in [-0.05, 0) is 48.4 Å². The molecule has 0 saturated heterocycles. The molecule has 1 saturated carbocycles. The highest BCUT2D eigenvalue weighted by atomic mass is 32.2. The first kappa shape index (κ1) is 22.3. The van der Waals surface area contributed by atoms with Gasteiger partial charge in [-0.3, -0.25) is 0 Å². The molecule has 1 N–H and O–H groups in total. The Balaban J connectivity index is 1.66. The van der Waals surface area contributed by atoms with Crippen molar-refractivity contribution in [3.63, 3.8) is 0 Å². The SMILES string of the molecule is CC(C)CN(Cc1ccc(N[C@@H]2CC[C@H](C#N)C2)cc1)S(=O)(=O)Cc1ccccc1. The van der Waals surface area contributed by atoms with Crippen molar-refractivity contribution in [3.8, 4) is 6.07 Å². The predicted octanol–water partition coefficient (Wildman–Crippen LogP) is 4.78. The quantitative estimate of drug-likeness (QED) is 0.627. The number of rotatable bonds is 9. The molecule has 0 amide bonds. The van der Waals surface area contributed by atoms with Crippen molar-refractivity contribution in [2.24, 2.45) is 11.8 Å². The van der Waals surface area contributed by atoms with Gasteiger partial charge in [-0.1, -0.05) is 56.3 Å². The third-order valence-corrected chi connectivity index (χ3v) is 7.22. The van der Waals surface area contributed by atoms with Gasteiger partial charge in [-0.15, -0.1) is 0 Å². The molecule has 1 aliphatic rings. The Morgan fingerprint density at radius 1 is 1.07 bits per heavy atom. The number of anilines is 1. The minimum absolute atomic E-state index is 0.0158. The summed E-state index contributed by atoms with van der Waals surface area (Å²) < 4.78 is 27.8. The second-order valence-corrected chi connectivity index (χ2v) is 10.6. The van der Waals surface area contributed by atoms with E-state index >= 15 is 0 Å². The molecule has 0 aliphatic heterocycles. The normalized spacial score (nSPS) is 19.2. The first-order chi connectivity index (χ1) is 14.4. The minimum atomic E-state index is -3.42. The number of nitrogens with one attached hydrogen (secondary N) is 1. The van der Waals surface area contributed by atoms with Crippen LogP contribution in [0.1, 0.15) is 44.2 Å². The molecule has 0 bridgehead atoms. The molecular weight excluding hydrogens is 394 g/mol. The Morgan fingerprint density at radius 2 is 1.77 bits per heavy atom. The van der Waals surface area contributed by atoms with E-state index in [4.69, 9.17) is 5.26 Å². The van der Waals surface area contributed by atoms with E-state index < -0.39 is 10.0 Å². The summed E-state index contributed by atoms with van der Waals surface area (Å²) >= 11 is 0. The smallest absolute Gasteiger partial charge is 0.218 e. The van der Waals surface area contributed by atoms with Crippen LogP contribution >= 0.6 is 0 Å². The summed E-state index contributed by atoms with van der Waals surface area (Å²) in [5.41, 5.74) is 2.79. The molecule has 2 aromatic carbocycles. The molecular formula is C24H31N3O2S. The first-order valence-corrected chi connectivity index (χ1v) is 12.2. The zero-order valence-corrected chi connectivity index (χ0v) is 18.6. The van der Waals surface area contributed by atoms with E-state index in [0.29, 0.717) is 19.1 Å². The van der Waals surface area contributed by atoms with Crippen molar-refractivity contribution in [3.05, 3.63) is 65.7 Å². The Morgan fingerprint density at radius 3 is 2.37 bits per heavy atom. The lowest BCUT2D eigenvalue weighted by atomic mass is 10.1. The third-order valence-electron chi connectivity index (χ3n) is 5.45. The average Bonchev–Trinajstić information content (AvgIpc) is 3.16. The number of hydrogen-bond donors (Lipinski definition) is 1. The molecule has 5 nitrogen and oxygen atoms in total. The number of nitrogens with zero attached hydrogens (tertiary/aromatic N) is 2. The topological polar surface area (TPSA) is 73.2 Å². The van der Waals surface area contributed by atoms with Crippen molar-refractivity contribution < 1.29 is 8.42 Å². The van der Waals surface area contributed by atoms with E-state index in [1.54, 1.807) is 4.31 Å². The van der Waals surface area contributed by atoms with Crippen LogP contribution in [0.15, 0.2) is 54.6 Å². The van der Waals surface area contributed by atoms with Crippen LogP contribution in [0.2, 0.25) is 0 Å². The highest BCUT2D eigenvalue weighted by Gasteiger charge is 2.25. The fourth-order valence-electron chi connectivity index (χ4n) is 3.94. The van der Waals surface area contributed by atoms with Crippen molar-refractivity contribution in [1.82, 2.24) is 4.31 Å². The van der Waals surface area contributed by atoms with Crippen molar-refractivity contribution in [2.45, 2.75) is 51.4 Å². The maximum atomic E-state index is 13.1. The number of hydrogen-bond acceptors (Lipinski definition) is 4. The molecule has 0 aromatic heterocycles. The monoisotopic (exact) mass is 425 g/mol. The fraction of sp³-hybridized carbons (Fsp3) is 0.458. The fourth-order valence-corrected chi connectivity index (χ4v) is 5.60. The van der Waals surface area contributed by atoms with Crippen molar-refractivity contribution >= 4 is 15.7 Å². The van der Waals surface area contributed by atoms with Gasteiger partial charge in [0.2, 0.25) is 10.0 Å². The van der Waals surface area contributed by atoms with Crippen LogP contribution in [0.5, 0.6) is 0 Å². The van der Waals surface area contributed by atoms with Gasteiger partial charge in [0.1, 0.15) is 0 Å². The summed E-state index contributed by atoms with van der Waals surface area (Å²) in [6.45, 7) is 4.93. The van der Waals surface area contributed by atoms with E-state index in [1.807, 2.05) is 68.4 Å². The Kier molecular flexibility index (Phi) is 7.52. The molecule has 160 valence electrons. The Bertz CT molecular complexity index is 950. The lowest BCUT2D eigenvalue weighted by Gasteiger charge is -2.24. The van der Waals surface area contributed by atoms with Gasteiger partial charge in [0, 0.05) is 30.7 Å². The van der Waals surface area contributed by atoms with Gasteiger partial charge in [-0.2, -0.15) is 9.57 Å². The van der Waals surface area contributed by atoms with Crippen LogP contribution in [-0.2, 0) is 22.3 Å².